The Balaban J connectivity index is 1.67. The van der Waals surface area contributed by atoms with Gasteiger partial charge in [-0.15, -0.1) is 0 Å². The van der Waals surface area contributed by atoms with Crippen LogP contribution in [0, 0.1) is 13.8 Å². The van der Waals surface area contributed by atoms with Crippen LogP contribution in [0.4, 0.5) is 0 Å². The first-order valence-electron chi connectivity index (χ1n) is 8.75. The summed E-state index contributed by atoms with van der Waals surface area (Å²) in [5.74, 6) is -0.0792. The molecule has 3 rings (SSSR count). The second-order valence-electron chi connectivity index (χ2n) is 6.85. The first-order chi connectivity index (χ1) is 12.3. The zero-order chi connectivity index (χ0) is 18.8. The zero-order valence-corrected chi connectivity index (χ0v) is 15.6. The highest BCUT2D eigenvalue weighted by Gasteiger charge is 2.15. The minimum Gasteiger partial charge on any atom is -0.349 e. The summed E-state index contributed by atoms with van der Waals surface area (Å²) < 4.78 is 1.74. The number of aromatic nitrogens is 3. The lowest BCUT2D eigenvalue weighted by Crippen LogP contribution is -2.27. The fraction of sp³-hybridized carbons (Fsp3) is 0.350. The van der Waals surface area contributed by atoms with Gasteiger partial charge in [0.05, 0.1) is 11.7 Å². The maximum absolute atomic E-state index is 12.3. The van der Waals surface area contributed by atoms with Crippen molar-refractivity contribution >= 4 is 16.8 Å². The molecular weight excluding hydrogens is 328 g/mol. The van der Waals surface area contributed by atoms with Crippen LogP contribution in [-0.2, 0) is 18.3 Å². The standard InChI is InChI=1S/C20H24N4O2/c1-12-5-7-18-16(9-12)10-15(20(26)22-18)6-8-19(25)21-13(2)17-11-24(4)23-14(17)3/h5,7,9-11,13H,6,8H2,1-4H3,(H,21,25)(H,22,26). The smallest absolute Gasteiger partial charge is 0.251 e. The van der Waals surface area contributed by atoms with E-state index in [4.69, 9.17) is 0 Å². The van der Waals surface area contributed by atoms with E-state index in [-0.39, 0.29) is 23.9 Å². The topological polar surface area (TPSA) is 79.8 Å². The van der Waals surface area contributed by atoms with Gasteiger partial charge < -0.3 is 10.3 Å². The summed E-state index contributed by atoms with van der Waals surface area (Å²) in [6, 6.07) is 7.66. The Morgan fingerprint density at radius 1 is 1.31 bits per heavy atom. The zero-order valence-electron chi connectivity index (χ0n) is 15.6. The Morgan fingerprint density at radius 3 is 2.77 bits per heavy atom. The van der Waals surface area contributed by atoms with Gasteiger partial charge in [0, 0.05) is 36.3 Å². The summed E-state index contributed by atoms with van der Waals surface area (Å²) >= 11 is 0. The summed E-state index contributed by atoms with van der Waals surface area (Å²) in [6.45, 7) is 5.88. The molecule has 3 aromatic rings. The molecule has 2 N–H and O–H groups in total. The molecule has 1 aromatic carbocycles. The molecule has 0 spiro atoms. The first kappa shape index (κ1) is 17.9. The number of nitrogens with one attached hydrogen (secondary N) is 2. The molecule has 0 radical (unpaired) electrons. The van der Waals surface area contributed by atoms with Gasteiger partial charge in [-0.2, -0.15) is 5.10 Å². The van der Waals surface area contributed by atoms with Crippen molar-refractivity contribution in [1.29, 1.82) is 0 Å². The van der Waals surface area contributed by atoms with E-state index in [9.17, 15) is 9.59 Å². The monoisotopic (exact) mass is 352 g/mol. The molecule has 6 nitrogen and oxygen atoms in total. The van der Waals surface area contributed by atoms with Gasteiger partial charge in [-0.05, 0) is 50.8 Å². The number of H-pyrrole nitrogens is 1. The average Bonchev–Trinajstić information content (AvgIpc) is 2.92. The third-order valence-electron chi connectivity index (χ3n) is 4.59. The highest BCUT2D eigenvalue weighted by atomic mass is 16.1. The molecule has 0 aliphatic heterocycles. The van der Waals surface area contributed by atoms with Gasteiger partial charge in [0.1, 0.15) is 0 Å². The van der Waals surface area contributed by atoms with Gasteiger partial charge in [0.2, 0.25) is 5.91 Å². The maximum Gasteiger partial charge on any atom is 0.251 e. The Hall–Kier alpha value is -2.89. The van der Waals surface area contributed by atoms with Gasteiger partial charge >= 0.3 is 0 Å². The molecule has 136 valence electrons. The molecule has 0 bridgehead atoms. The summed E-state index contributed by atoms with van der Waals surface area (Å²) in [6.07, 6.45) is 2.59. The number of rotatable bonds is 5. The Bertz CT molecular complexity index is 1020. The largest absolute Gasteiger partial charge is 0.349 e. The van der Waals surface area contributed by atoms with Crippen LogP contribution in [0.25, 0.3) is 10.9 Å². The lowest BCUT2D eigenvalue weighted by molar-refractivity contribution is -0.121. The quantitative estimate of drug-likeness (QED) is 0.741. The minimum atomic E-state index is -0.134. The molecular formula is C20H24N4O2. The molecule has 2 heterocycles. The van der Waals surface area contributed by atoms with E-state index in [1.807, 2.05) is 58.3 Å². The summed E-state index contributed by atoms with van der Waals surface area (Å²) in [5, 5.41) is 8.27. The van der Waals surface area contributed by atoms with Crippen LogP contribution in [0.1, 0.15) is 41.8 Å². The summed E-state index contributed by atoms with van der Waals surface area (Å²) in [5.41, 5.74) is 4.35. The SMILES string of the molecule is Cc1ccc2[nH]c(=O)c(CCC(=O)NC(C)c3cn(C)nc3C)cc2c1. The fourth-order valence-corrected chi connectivity index (χ4v) is 3.24. The molecule has 0 saturated heterocycles. The highest BCUT2D eigenvalue weighted by Crippen LogP contribution is 2.16. The Morgan fingerprint density at radius 2 is 2.08 bits per heavy atom. The van der Waals surface area contributed by atoms with Crippen LogP contribution in [0.5, 0.6) is 0 Å². The van der Waals surface area contributed by atoms with Gasteiger partial charge in [-0.3, -0.25) is 14.3 Å². The van der Waals surface area contributed by atoms with Crippen LogP contribution in [0.3, 0.4) is 0 Å². The molecule has 0 aliphatic rings. The molecule has 6 heteroatoms. The van der Waals surface area contributed by atoms with Crippen molar-refractivity contribution < 1.29 is 4.79 Å². The number of fused-ring (bicyclic) bond motifs is 1. The maximum atomic E-state index is 12.3. The molecule has 0 aliphatic carbocycles. The lowest BCUT2D eigenvalue weighted by atomic mass is 10.1. The van der Waals surface area contributed by atoms with Gasteiger partial charge in [-0.25, -0.2) is 0 Å². The van der Waals surface area contributed by atoms with Crippen LogP contribution in [-0.4, -0.2) is 20.7 Å². The molecule has 0 fully saturated rings. The number of hydrogen-bond donors (Lipinski definition) is 2. The van der Waals surface area contributed by atoms with E-state index in [1.54, 1.807) is 4.68 Å². The van der Waals surface area contributed by atoms with Crippen LogP contribution >= 0.6 is 0 Å². The van der Waals surface area contributed by atoms with Crippen molar-refractivity contribution in [2.45, 2.75) is 39.7 Å². The van der Waals surface area contributed by atoms with Crippen molar-refractivity contribution in [2.24, 2.45) is 7.05 Å². The summed E-state index contributed by atoms with van der Waals surface area (Å²) in [7, 11) is 1.86. The molecule has 1 unspecified atom stereocenters. The predicted octanol–water partition coefficient (Wildman–Crippen LogP) is 2.69. The van der Waals surface area contributed by atoms with Gasteiger partial charge in [0.15, 0.2) is 0 Å². The van der Waals surface area contributed by atoms with E-state index in [0.29, 0.717) is 12.0 Å². The van der Waals surface area contributed by atoms with Gasteiger partial charge in [-0.1, -0.05) is 11.6 Å². The third-order valence-corrected chi connectivity index (χ3v) is 4.59. The van der Waals surface area contributed by atoms with Gasteiger partial charge in [0.25, 0.3) is 5.56 Å². The molecule has 2 aromatic heterocycles. The molecule has 0 saturated carbocycles. The minimum absolute atomic E-state index is 0.0792. The number of pyridine rings is 1. The number of aromatic amines is 1. The number of carbonyl (C=O) groups is 1. The number of benzene rings is 1. The van der Waals surface area contributed by atoms with E-state index < -0.39 is 0 Å². The molecule has 1 atom stereocenters. The van der Waals surface area contributed by atoms with Crippen LogP contribution in [0.2, 0.25) is 0 Å². The van der Waals surface area contributed by atoms with Crippen LogP contribution in [0.15, 0.2) is 35.3 Å². The van der Waals surface area contributed by atoms with Crippen LogP contribution < -0.4 is 10.9 Å². The summed E-state index contributed by atoms with van der Waals surface area (Å²) in [4.78, 5) is 27.4. The Kier molecular flexibility index (Phi) is 4.93. The highest BCUT2D eigenvalue weighted by molar-refractivity contribution is 5.80. The van der Waals surface area contributed by atoms with E-state index >= 15 is 0 Å². The number of amides is 1. The van der Waals surface area contributed by atoms with E-state index in [2.05, 4.69) is 15.4 Å². The van der Waals surface area contributed by atoms with Crippen molar-refractivity contribution in [3.63, 3.8) is 0 Å². The first-order valence-corrected chi connectivity index (χ1v) is 8.75. The second-order valence-corrected chi connectivity index (χ2v) is 6.85. The van der Waals surface area contributed by atoms with E-state index in [0.717, 1.165) is 27.7 Å². The third kappa shape index (κ3) is 3.85. The second kappa shape index (κ2) is 7.15. The molecule has 1 amide bonds. The number of aryl methyl sites for hydroxylation is 4. The van der Waals surface area contributed by atoms with Crippen molar-refractivity contribution in [1.82, 2.24) is 20.1 Å². The van der Waals surface area contributed by atoms with Crippen molar-refractivity contribution in [3.05, 3.63) is 63.2 Å². The van der Waals surface area contributed by atoms with Crippen molar-refractivity contribution in [2.75, 3.05) is 0 Å². The normalized spacial score (nSPS) is 12.3. The lowest BCUT2D eigenvalue weighted by Gasteiger charge is -2.13. The number of carbonyl (C=O) groups excluding carboxylic acids is 1. The average molecular weight is 352 g/mol. The van der Waals surface area contributed by atoms with E-state index in [1.165, 1.54) is 0 Å². The molecule has 26 heavy (non-hydrogen) atoms. The van der Waals surface area contributed by atoms with Crippen molar-refractivity contribution in [3.8, 4) is 0 Å². The fourth-order valence-electron chi connectivity index (χ4n) is 3.24. The Labute approximate surface area is 152 Å². The number of hydrogen-bond acceptors (Lipinski definition) is 3. The predicted molar refractivity (Wildman–Crippen MR) is 102 cm³/mol. The number of nitrogens with zero attached hydrogens (tertiary/aromatic N) is 2.